The van der Waals surface area contributed by atoms with E-state index < -0.39 is 0 Å². The van der Waals surface area contributed by atoms with E-state index in [1.165, 1.54) is 22.5 Å². The Labute approximate surface area is 220 Å². The first-order chi connectivity index (χ1) is 17.6. The first kappa shape index (κ1) is 24.9. The minimum absolute atomic E-state index is 0.0214. The highest BCUT2D eigenvalue weighted by Crippen LogP contribution is 2.43. The fraction of sp³-hybridized carbons (Fsp3) is 0.448. The number of thiocarbonyl (C=S) groups is 1. The molecule has 0 aliphatic carbocycles. The molecule has 2 fully saturated rings. The van der Waals surface area contributed by atoms with Crippen LogP contribution in [-0.2, 0) is 17.7 Å². The fourth-order valence-corrected chi connectivity index (χ4v) is 5.94. The van der Waals surface area contributed by atoms with E-state index in [9.17, 15) is 0 Å². The summed E-state index contributed by atoms with van der Waals surface area (Å²) in [6.07, 6.45) is 4.02. The number of benzene rings is 1. The van der Waals surface area contributed by atoms with Crippen LogP contribution >= 0.6 is 12.2 Å². The molecule has 2 unspecified atom stereocenters. The van der Waals surface area contributed by atoms with Gasteiger partial charge < -0.3 is 19.5 Å². The zero-order chi connectivity index (χ0) is 25.1. The summed E-state index contributed by atoms with van der Waals surface area (Å²) in [5, 5.41) is 4.35. The Morgan fingerprint density at radius 1 is 1.06 bits per heavy atom. The van der Waals surface area contributed by atoms with Crippen molar-refractivity contribution in [2.75, 3.05) is 37.7 Å². The van der Waals surface area contributed by atoms with Crippen molar-refractivity contribution in [2.45, 2.75) is 52.2 Å². The molecule has 0 bridgehead atoms. The van der Waals surface area contributed by atoms with Crippen LogP contribution in [0, 0.1) is 13.8 Å². The Morgan fingerprint density at radius 3 is 2.53 bits per heavy atom. The third-order valence-corrected chi connectivity index (χ3v) is 7.93. The zero-order valence-electron chi connectivity index (χ0n) is 21.6. The molecule has 0 spiro atoms. The Hall–Kier alpha value is -2.74. The summed E-state index contributed by atoms with van der Waals surface area (Å²) in [7, 11) is 0. The standard InChI is InChI=1S/C29H37N5OS/c1-4-23-9-11-24(12-10-23)34-28(27(31-29(34)36)26-8-5-6-13-30-26)25-20-21(2)33(22(25)3)15-7-14-32-16-18-35-19-17-32/h5-6,8-13,20,27-28H,4,7,14-19H2,1-3H3,(H,31,36). The molecule has 2 saturated heterocycles. The molecule has 190 valence electrons. The number of rotatable bonds is 8. The van der Waals surface area contributed by atoms with Crippen molar-refractivity contribution in [3.63, 3.8) is 0 Å². The summed E-state index contributed by atoms with van der Waals surface area (Å²) >= 11 is 5.93. The van der Waals surface area contributed by atoms with Gasteiger partial charge in [-0.25, -0.2) is 0 Å². The van der Waals surface area contributed by atoms with Crippen LogP contribution in [0.5, 0.6) is 0 Å². The van der Waals surface area contributed by atoms with Crippen molar-refractivity contribution in [3.05, 3.63) is 82.9 Å². The predicted molar refractivity (Wildman–Crippen MR) is 150 cm³/mol. The average molecular weight is 504 g/mol. The number of hydrogen-bond donors (Lipinski definition) is 1. The minimum atomic E-state index is -0.0214. The van der Waals surface area contributed by atoms with Crippen LogP contribution in [-0.4, -0.2) is 52.4 Å². The number of ether oxygens (including phenoxy) is 1. The van der Waals surface area contributed by atoms with Crippen molar-refractivity contribution < 1.29 is 4.74 Å². The lowest BCUT2D eigenvalue weighted by molar-refractivity contribution is 0.0369. The van der Waals surface area contributed by atoms with Crippen LogP contribution in [0.4, 0.5) is 5.69 Å². The van der Waals surface area contributed by atoms with Gasteiger partial charge in [0.2, 0.25) is 0 Å². The van der Waals surface area contributed by atoms with Crippen LogP contribution in [0.2, 0.25) is 0 Å². The maximum atomic E-state index is 5.93. The van der Waals surface area contributed by atoms with Gasteiger partial charge in [0.05, 0.1) is 31.0 Å². The van der Waals surface area contributed by atoms with E-state index >= 15 is 0 Å². The van der Waals surface area contributed by atoms with Crippen molar-refractivity contribution in [3.8, 4) is 0 Å². The monoisotopic (exact) mass is 503 g/mol. The molecule has 2 aromatic heterocycles. The van der Waals surface area contributed by atoms with Crippen molar-refractivity contribution in [2.24, 2.45) is 0 Å². The van der Waals surface area contributed by atoms with Gasteiger partial charge in [0.1, 0.15) is 0 Å². The zero-order valence-corrected chi connectivity index (χ0v) is 22.4. The van der Waals surface area contributed by atoms with E-state index in [0.29, 0.717) is 0 Å². The number of aryl methyl sites for hydroxylation is 2. The lowest BCUT2D eigenvalue weighted by Gasteiger charge is -2.28. The van der Waals surface area contributed by atoms with Gasteiger partial charge >= 0.3 is 0 Å². The second-order valence-electron chi connectivity index (χ2n) is 9.80. The number of pyridine rings is 1. The third-order valence-electron chi connectivity index (χ3n) is 7.61. The average Bonchev–Trinajstić information content (AvgIpc) is 3.40. The minimum Gasteiger partial charge on any atom is -0.379 e. The molecule has 0 amide bonds. The highest BCUT2D eigenvalue weighted by Gasteiger charge is 2.42. The molecule has 2 aliphatic heterocycles. The molecule has 0 saturated carbocycles. The van der Waals surface area contributed by atoms with E-state index in [1.807, 2.05) is 12.3 Å². The molecule has 0 radical (unpaired) electrons. The first-order valence-electron chi connectivity index (χ1n) is 13.1. The Bertz CT molecular complexity index is 1170. The molecule has 36 heavy (non-hydrogen) atoms. The molecule has 7 heteroatoms. The molecule has 2 atom stereocenters. The third kappa shape index (κ3) is 5.05. The maximum absolute atomic E-state index is 5.93. The largest absolute Gasteiger partial charge is 0.379 e. The lowest BCUT2D eigenvalue weighted by atomic mass is 9.96. The van der Waals surface area contributed by atoms with Gasteiger partial charge in [-0.3, -0.25) is 9.88 Å². The number of nitrogens with one attached hydrogen (secondary N) is 1. The summed E-state index contributed by atoms with van der Waals surface area (Å²) in [6.45, 7) is 12.6. The van der Waals surface area contributed by atoms with E-state index in [4.69, 9.17) is 21.9 Å². The molecule has 6 nitrogen and oxygen atoms in total. The Morgan fingerprint density at radius 2 is 1.83 bits per heavy atom. The van der Waals surface area contributed by atoms with Gasteiger partial charge in [0, 0.05) is 49.5 Å². The number of morpholine rings is 1. The maximum Gasteiger partial charge on any atom is 0.174 e. The van der Waals surface area contributed by atoms with Crippen molar-refractivity contribution in [1.29, 1.82) is 0 Å². The van der Waals surface area contributed by atoms with E-state index in [1.54, 1.807) is 0 Å². The first-order valence-corrected chi connectivity index (χ1v) is 13.5. The van der Waals surface area contributed by atoms with Gasteiger partial charge in [0.25, 0.3) is 0 Å². The van der Waals surface area contributed by atoms with Gasteiger partial charge in [0.15, 0.2) is 5.11 Å². The van der Waals surface area contributed by atoms with Gasteiger partial charge in [-0.1, -0.05) is 25.1 Å². The molecule has 2 aliphatic rings. The summed E-state index contributed by atoms with van der Waals surface area (Å²) in [5.74, 6) is 0. The highest BCUT2D eigenvalue weighted by atomic mass is 32.1. The van der Waals surface area contributed by atoms with Crippen LogP contribution < -0.4 is 10.2 Å². The fourth-order valence-electron chi connectivity index (χ4n) is 5.59. The summed E-state index contributed by atoms with van der Waals surface area (Å²) in [6, 6.07) is 17.3. The molecule has 3 aromatic rings. The van der Waals surface area contributed by atoms with Crippen LogP contribution in [0.1, 0.15) is 53.6 Å². The Balaban J connectivity index is 1.46. The number of aromatic nitrogens is 2. The van der Waals surface area contributed by atoms with Gasteiger partial charge in [-0.05, 0) is 80.4 Å². The van der Waals surface area contributed by atoms with Gasteiger partial charge in [-0.2, -0.15) is 0 Å². The van der Waals surface area contributed by atoms with Gasteiger partial charge in [-0.15, -0.1) is 0 Å². The van der Waals surface area contributed by atoms with E-state index in [0.717, 1.165) is 68.7 Å². The molecule has 1 aromatic carbocycles. The van der Waals surface area contributed by atoms with Crippen molar-refractivity contribution >= 4 is 23.0 Å². The summed E-state index contributed by atoms with van der Waals surface area (Å²) in [5.41, 5.74) is 7.36. The molecular formula is C29H37N5OS. The van der Waals surface area contributed by atoms with Crippen LogP contribution in [0.25, 0.3) is 0 Å². The smallest absolute Gasteiger partial charge is 0.174 e. The van der Waals surface area contributed by atoms with E-state index in [2.05, 4.69) is 82.9 Å². The summed E-state index contributed by atoms with van der Waals surface area (Å²) in [4.78, 5) is 9.51. The second-order valence-corrected chi connectivity index (χ2v) is 10.2. The number of nitrogens with zero attached hydrogens (tertiary/aromatic N) is 4. The lowest BCUT2D eigenvalue weighted by Crippen LogP contribution is -2.37. The van der Waals surface area contributed by atoms with Crippen molar-refractivity contribution in [1.82, 2.24) is 19.8 Å². The van der Waals surface area contributed by atoms with Crippen LogP contribution in [0.3, 0.4) is 0 Å². The Kier molecular flexibility index (Phi) is 7.70. The molecular weight excluding hydrogens is 466 g/mol. The van der Waals surface area contributed by atoms with Crippen LogP contribution in [0.15, 0.2) is 54.7 Å². The number of anilines is 1. The van der Waals surface area contributed by atoms with E-state index in [-0.39, 0.29) is 12.1 Å². The summed E-state index contributed by atoms with van der Waals surface area (Å²) < 4.78 is 7.98. The highest BCUT2D eigenvalue weighted by molar-refractivity contribution is 7.80. The topological polar surface area (TPSA) is 45.6 Å². The second kappa shape index (κ2) is 11.1. The molecule has 5 rings (SSSR count). The SMILES string of the molecule is CCc1ccc(N2C(=S)NC(c3ccccn3)C2c2cc(C)n(CCCN3CCOCC3)c2C)cc1. The number of hydrogen-bond acceptors (Lipinski definition) is 4. The predicted octanol–water partition coefficient (Wildman–Crippen LogP) is 4.96. The quantitative estimate of drug-likeness (QED) is 0.439. The molecule has 4 heterocycles. The molecule has 1 N–H and O–H groups in total. The normalized spacial score (nSPS) is 20.6.